The van der Waals surface area contributed by atoms with Crippen molar-refractivity contribution < 1.29 is 28.5 Å². The Bertz CT molecular complexity index is 1160. The number of carbonyl (C=O) groups excluding carboxylic acids is 1. The van der Waals surface area contributed by atoms with Crippen molar-refractivity contribution in [2.45, 2.75) is 25.6 Å². The number of carbonyl (C=O) groups is 1. The molecule has 1 aliphatic carbocycles. The molecule has 1 aromatic heterocycles. The Kier molecular flexibility index (Phi) is 7.19. The highest BCUT2D eigenvalue weighted by molar-refractivity contribution is 5.84. The van der Waals surface area contributed by atoms with E-state index in [0.29, 0.717) is 23.6 Å². The molecule has 0 radical (unpaired) electrons. The lowest BCUT2D eigenvalue weighted by Crippen LogP contribution is -2.22. The molecule has 0 saturated carbocycles. The molecule has 2 atom stereocenters. The van der Waals surface area contributed by atoms with Crippen molar-refractivity contribution in [3.63, 3.8) is 0 Å². The van der Waals surface area contributed by atoms with Gasteiger partial charge in [0.15, 0.2) is 11.6 Å². The lowest BCUT2D eigenvalue weighted by molar-refractivity contribution is -0.137. The zero-order valence-corrected chi connectivity index (χ0v) is 18.7. The molecule has 4 rings (SSSR count). The van der Waals surface area contributed by atoms with Crippen LogP contribution in [0, 0.1) is 5.82 Å². The second-order valence-electron chi connectivity index (χ2n) is 7.53. The Balaban J connectivity index is 1.51. The van der Waals surface area contributed by atoms with E-state index in [4.69, 9.17) is 14.2 Å². The van der Waals surface area contributed by atoms with Crippen LogP contribution in [0.15, 0.2) is 60.0 Å². The molecular formula is C24H25FN4O5. The van der Waals surface area contributed by atoms with E-state index >= 15 is 0 Å². The van der Waals surface area contributed by atoms with Gasteiger partial charge < -0.3 is 30.0 Å². The average Bonchev–Trinajstić information content (AvgIpc) is 2.83. The molecule has 1 aromatic carbocycles. The Morgan fingerprint density at radius 3 is 3.03 bits per heavy atom. The molecule has 2 unspecified atom stereocenters. The van der Waals surface area contributed by atoms with E-state index in [-0.39, 0.29) is 24.5 Å². The maximum absolute atomic E-state index is 14.5. The highest BCUT2D eigenvalue weighted by Crippen LogP contribution is 2.36. The van der Waals surface area contributed by atoms with Crippen molar-refractivity contribution in [2.75, 3.05) is 31.0 Å². The van der Waals surface area contributed by atoms with Crippen LogP contribution in [0.1, 0.15) is 25.0 Å². The van der Waals surface area contributed by atoms with Crippen molar-refractivity contribution in [3.05, 3.63) is 71.4 Å². The molecule has 0 spiro atoms. The van der Waals surface area contributed by atoms with E-state index in [1.165, 1.54) is 6.08 Å². The van der Waals surface area contributed by atoms with E-state index in [1.54, 1.807) is 44.4 Å². The molecule has 0 bridgehead atoms. The van der Waals surface area contributed by atoms with E-state index in [9.17, 15) is 14.3 Å². The van der Waals surface area contributed by atoms with Crippen LogP contribution in [0.2, 0.25) is 0 Å². The Morgan fingerprint density at radius 2 is 2.24 bits per heavy atom. The third-order valence-electron chi connectivity index (χ3n) is 5.29. The number of halogens is 1. The van der Waals surface area contributed by atoms with Gasteiger partial charge in [0.25, 0.3) is 0 Å². The SMILES string of the molecule is CCOC(=O)C=C1C=CC=C(Nc2ncc(F)c(Nc3ccc4c(c3)C(OC)CCO4)n2)C1O. The van der Waals surface area contributed by atoms with E-state index in [0.717, 1.165) is 23.9 Å². The van der Waals surface area contributed by atoms with Crippen molar-refractivity contribution in [3.8, 4) is 5.75 Å². The third-order valence-corrected chi connectivity index (χ3v) is 5.29. The molecule has 0 fully saturated rings. The number of aliphatic hydroxyl groups is 1. The van der Waals surface area contributed by atoms with Crippen LogP contribution in [0.3, 0.4) is 0 Å². The van der Waals surface area contributed by atoms with Gasteiger partial charge in [-0.1, -0.05) is 12.2 Å². The summed E-state index contributed by atoms with van der Waals surface area (Å²) < 4.78 is 30.5. The fourth-order valence-corrected chi connectivity index (χ4v) is 3.65. The lowest BCUT2D eigenvalue weighted by atomic mass is 10.0. The summed E-state index contributed by atoms with van der Waals surface area (Å²) in [6.07, 6.45) is 6.59. The first-order valence-corrected chi connectivity index (χ1v) is 10.8. The number of esters is 1. The van der Waals surface area contributed by atoms with Gasteiger partial charge >= 0.3 is 5.97 Å². The van der Waals surface area contributed by atoms with Crippen molar-refractivity contribution >= 4 is 23.4 Å². The average molecular weight is 468 g/mol. The van der Waals surface area contributed by atoms with Gasteiger partial charge in [0, 0.05) is 30.9 Å². The Morgan fingerprint density at radius 1 is 1.38 bits per heavy atom. The van der Waals surface area contributed by atoms with E-state index in [1.807, 2.05) is 6.07 Å². The Hall–Kier alpha value is -3.76. The maximum atomic E-state index is 14.5. The number of aromatic nitrogens is 2. The molecule has 0 amide bonds. The summed E-state index contributed by atoms with van der Waals surface area (Å²) in [6.45, 7) is 2.50. The molecule has 2 aromatic rings. The van der Waals surface area contributed by atoms with Gasteiger partial charge in [0.05, 0.1) is 31.2 Å². The van der Waals surface area contributed by atoms with Gasteiger partial charge in [-0.2, -0.15) is 4.98 Å². The number of ether oxygens (including phenoxy) is 3. The van der Waals surface area contributed by atoms with Gasteiger partial charge in [-0.05, 0) is 36.8 Å². The minimum Gasteiger partial charge on any atom is -0.493 e. The molecule has 9 nitrogen and oxygen atoms in total. The fraction of sp³-hybridized carbons (Fsp3) is 0.292. The summed E-state index contributed by atoms with van der Waals surface area (Å²) in [6, 6.07) is 5.40. The standard InChI is InChI=1S/C24H25FN4O5/c1-3-33-21(30)11-14-5-4-6-18(22(14)31)28-24-26-13-17(25)23(29-24)27-15-7-8-20-16(12-15)19(32-2)9-10-34-20/h4-8,11-13,19,22,31H,3,9-10H2,1-2H3,(H2,26,27,28,29). The normalized spacial score (nSPS) is 20.2. The molecule has 1 aliphatic heterocycles. The first-order chi connectivity index (χ1) is 16.5. The van der Waals surface area contributed by atoms with Gasteiger partial charge in [0.2, 0.25) is 5.95 Å². The van der Waals surface area contributed by atoms with E-state index in [2.05, 4.69) is 20.6 Å². The largest absolute Gasteiger partial charge is 0.493 e. The highest BCUT2D eigenvalue weighted by Gasteiger charge is 2.22. The van der Waals surface area contributed by atoms with Crippen LogP contribution >= 0.6 is 0 Å². The zero-order chi connectivity index (χ0) is 24.1. The number of hydrogen-bond acceptors (Lipinski definition) is 9. The summed E-state index contributed by atoms with van der Waals surface area (Å²) >= 11 is 0. The zero-order valence-electron chi connectivity index (χ0n) is 18.7. The molecule has 3 N–H and O–H groups in total. The second kappa shape index (κ2) is 10.4. The summed E-state index contributed by atoms with van der Waals surface area (Å²) in [5.74, 6) is -0.461. The number of allylic oxidation sites excluding steroid dienone is 2. The predicted octanol–water partition coefficient (Wildman–Crippen LogP) is 3.55. The van der Waals surface area contributed by atoms with Crippen LogP contribution in [-0.2, 0) is 14.3 Å². The highest BCUT2D eigenvalue weighted by atomic mass is 19.1. The van der Waals surface area contributed by atoms with Crippen LogP contribution in [-0.4, -0.2) is 47.5 Å². The molecule has 10 heteroatoms. The summed E-state index contributed by atoms with van der Waals surface area (Å²) in [7, 11) is 1.64. The third kappa shape index (κ3) is 5.24. The number of nitrogens with zero attached hydrogens (tertiary/aromatic N) is 2. The monoisotopic (exact) mass is 468 g/mol. The number of methoxy groups -OCH3 is 1. The minimum absolute atomic E-state index is 0.0492. The van der Waals surface area contributed by atoms with Crippen molar-refractivity contribution in [1.82, 2.24) is 9.97 Å². The summed E-state index contributed by atoms with van der Waals surface area (Å²) in [5, 5.41) is 16.4. The molecule has 2 aliphatic rings. The number of benzene rings is 1. The fourth-order valence-electron chi connectivity index (χ4n) is 3.65. The van der Waals surface area contributed by atoms with Crippen LogP contribution in [0.5, 0.6) is 5.75 Å². The summed E-state index contributed by atoms with van der Waals surface area (Å²) in [4.78, 5) is 19.9. The van der Waals surface area contributed by atoms with Crippen LogP contribution < -0.4 is 15.4 Å². The number of fused-ring (bicyclic) bond motifs is 1. The van der Waals surface area contributed by atoms with Gasteiger partial charge in [-0.3, -0.25) is 0 Å². The molecule has 34 heavy (non-hydrogen) atoms. The number of aliphatic hydroxyl groups excluding tert-OH is 1. The first-order valence-electron chi connectivity index (χ1n) is 10.8. The summed E-state index contributed by atoms with van der Waals surface area (Å²) in [5.41, 5.74) is 2.14. The van der Waals surface area contributed by atoms with Gasteiger partial charge in [0.1, 0.15) is 11.9 Å². The van der Waals surface area contributed by atoms with Gasteiger partial charge in [-0.15, -0.1) is 0 Å². The quantitative estimate of drug-likeness (QED) is 0.415. The second-order valence-corrected chi connectivity index (χ2v) is 7.53. The molecule has 178 valence electrons. The molecule has 0 saturated heterocycles. The van der Waals surface area contributed by atoms with Gasteiger partial charge in [-0.25, -0.2) is 14.2 Å². The predicted molar refractivity (Wildman–Crippen MR) is 123 cm³/mol. The minimum atomic E-state index is -1.13. The van der Waals surface area contributed by atoms with Crippen LogP contribution in [0.25, 0.3) is 0 Å². The number of nitrogens with one attached hydrogen (secondary N) is 2. The number of rotatable bonds is 7. The van der Waals surface area contributed by atoms with Crippen molar-refractivity contribution in [1.29, 1.82) is 0 Å². The topological polar surface area (TPSA) is 115 Å². The molecular weight excluding hydrogens is 443 g/mol. The number of hydrogen-bond donors (Lipinski definition) is 3. The Labute approximate surface area is 196 Å². The lowest BCUT2D eigenvalue weighted by Gasteiger charge is -2.25. The molecule has 2 heterocycles. The van der Waals surface area contributed by atoms with Crippen molar-refractivity contribution in [2.24, 2.45) is 0 Å². The van der Waals surface area contributed by atoms with E-state index < -0.39 is 17.9 Å². The first kappa shape index (κ1) is 23.4. The smallest absolute Gasteiger partial charge is 0.331 e. The maximum Gasteiger partial charge on any atom is 0.331 e. The van der Waals surface area contributed by atoms with Crippen LogP contribution in [0.4, 0.5) is 21.8 Å². The number of anilines is 3.